The van der Waals surface area contributed by atoms with Gasteiger partial charge in [-0.05, 0) is 26.8 Å². The maximum absolute atomic E-state index is 9.08. The molecule has 98 valence electrons. The third-order valence-corrected chi connectivity index (χ3v) is 3.06. The van der Waals surface area contributed by atoms with E-state index in [-0.39, 0.29) is 6.61 Å². The van der Waals surface area contributed by atoms with Gasteiger partial charge in [-0.25, -0.2) is 0 Å². The molecule has 0 saturated heterocycles. The van der Waals surface area contributed by atoms with Crippen molar-refractivity contribution in [1.29, 1.82) is 0 Å². The monoisotopic (exact) mass is 240 g/mol. The highest BCUT2D eigenvalue weighted by atomic mass is 16.5. The molecular formula is C13H24N2O2. The van der Waals surface area contributed by atoms with Gasteiger partial charge in [0.25, 0.3) is 0 Å². The second-order valence-corrected chi connectivity index (χ2v) is 4.51. The van der Waals surface area contributed by atoms with Gasteiger partial charge >= 0.3 is 0 Å². The van der Waals surface area contributed by atoms with Gasteiger partial charge in [0.15, 0.2) is 0 Å². The Morgan fingerprint density at radius 2 is 2.00 bits per heavy atom. The zero-order valence-electron chi connectivity index (χ0n) is 11.2. The van der Waals surface area contributed by atoms with Crippen LogP contribution in [0.4, 0.5) is 0 Å². The molecule has 1 N–H and O–H groups in total. The van der Waals surface area contributed by atoms with Crippen molar-refractivity contribution in [2.75, 3.05) is 19.7 Å². The number of rotatable bonds is 8. The van der Waals surface area contributed by atoms with Crippen LogP contribution < -0.4 is 0 Å². The summed E-state index contributed by atoms with van der Waals surface area (Å²) in [5.74, 6) is 0.890. The lowest BCUT2D eigenvalue weighted by molar-refractivity contribution is 0.187. The van der Waals surface area contributed by atoms with Crippen molar-refractivity contribution in [3.63, 3.8) is 0 Å². The smallest absolute Gasteiger partial charge is 0.138 e. The van der Waals surface area contributed by atoms with Crippen molar-refractivity contribution in [3.05, 3.63) is 17.0 Å². The Hall–Kier alpha value is -0.870. The van der Waals surface area contributed by atoms with Gasteiger partial charge < -0.3 is 9.63 Å². The number of nitrogens with zero attached hydrogens (tertiary/aromatic N) is 2. The minimum Gasteiger partial charge on any atom is -0.395 e. The summed E-state index contributed by atoms with van der Waals surface area (Å²) in [6.45, 7) is 8.88. The lowest BCUT2D eigenvalue weighted by Crippen LogP contribution is -2.28. The van der Waals surface area contributed by atoms with Gasteiger partial charge in [0.05, 0.1) is 12.3 Å². The third-order valence-electron chi connectivity index (χ3n) is 3.06. The van der Waals surface area contributed by atoms with Gasteiger partial charge in [0.1, 0.15) is 5.76 Å². The maximum Gasteiger partial charge on any atom is 0.138 e. The number of aromatic nitrogens is 1. The number of unbranched alkanes of at least 4 members (excludes halogenated alkanes) is 2. The summed E-state index contributed by atoms with van der Waals surface area (Å²) in [7, 11) is 0. The van der Waals surface area contributed by atoms with Crippen LogP contribution in [0.2, 0.25) is 0 Å². The zero-order valence-corrected chi connectivity index (χ0v) is 11.2. The normalized spacial score (nSPS) is 11.4. The zero-order chi connectivity index (χ0) is 12.7. The summed E-state index contributed by atoms with van der Waals surface area (Å²) in [6, 6.07) is 0. The predicted molar refractivity (Wildman–Crippen MR) is 67.9 cm³/mol. The summed E-state index contributed by atoms with van der Waals surface area (Å²) in [4.78, 5) is 2.27. The minimum absolute atomic E-state index is 0.204. The molecule has 4 nitrogen and oxygen atoms in total. The van der Waals surface area contributed by atoms with Gasteiger partial charge in [-0.3, -0.25) is 4.90 Å². The molecule has 4 heteroatoms. The average Bonchev–Trinajstić information content (AvgIpc) is 2.61. The van der Waals surface area contributed by atoms with Gasteiger partial charge in [-0.1, -0.05) is 24.9 Å². The topological polar surface area (TPSA) is 49.5 Å². The van der Waals surface area contributed by atoms with Crippen LogP contribution in [0.1, 0.15) is 43.2 Å². The van der Waals surface area contributed by atoms with Crippen LogP contribution in [0.15, 0.2) is 4.52 Å². The van der Waals surface area contributed by atoms with Crippen molar-refractivity contribution in [2.45, 2.75) is 46.6 Å². The number of hydrogen-bond acceptors (Lipinski definition) is 4. The van der Waals surface area contributed by atoms with Gasteiger partial charge in [0, 0.05) is 18.7 Å². The fraction of sp³-hybridized carbons (Fsp3) is 0.769. The molecule has 17 heavy (non-hydrogen) atoms. The Morgan fingerprint density at radius 3 is 2.53 bits per heavy atom. The number of aliphatic hydroxyl groups is 1. The van der Waals surface area contributed by atoms with E-state index in [2.05, 4.69) is 17.0 Å². The van der Waals surface area contributed by atoms with E-state index >= 15 is 0 Å². The summed E-state index contributed by atoms with van der Waals surface area (Å²) in [6.07, 6.45) is 3.64. The van der Waals surface area contributed by atoms with Crippen LogP contribution in [-0.2, 0) is 6.54 Å². The quantitative estimate of drug-likeness (QED) is 0.708. The molecule has 0 aliphatic heterocycles. The van der Waals surface area contributed by atoms with E-state index in [1.54, 1.807) is 0 Å². The minimum atomic E-state index is 0.204. The molecule has 1 heterocycles. The number of aliphatic hydroxyl groups excluding tert-OH is 1. The van der Waals surface area contributed by atoms with Gasteiger partial charge in [0.2, 0.25) is 0 Å². The molecule has 1 rings (SSSR count). The van der Waals surface area contributed by atoms with Crippen molar-refractivity contribution < 1.29 is 9.63 Å². The highest BCUT2D eigenvalue weighted by Gasteiger charge is 2.13. The lowest BCUT2D eigenvalue weighted by atomic mass is 10.1. The summed E-state index contributed by atoms with van der Waals surface area (Å²) >= 11 is 0. The molecule has 1 aromatic rings. The highest BCUT2D eigenvalue weighted by molar-refractivity contribution is 5.20. The van der Waals surface area contributed by atoms with Gasteiger partial charge in [-0.2, -0.15) is 0 Å². The first kappa shape index (κ1) is 14.2. The Balaban J connectivity index is 2.53. The predicted octanol–water partition coefficient (Wildman–Crippen LogP) is 2.28. The molecule has 0 saturated carbocycles. The molecule has 0 bridgehead atoms. The highest BCUT2D eigenvalue weighted by Crippen LogP contribution is 2.15. The molecule has 0 aromatic carbocycles. The van der Waals surface area contributed by atoms with Crippen LogP contribution in [0.5, 0.6) is 0 Å². The molecule has 1 aromatic heterocycles. The van der Waals surface area contributed by atoms with E-state index in [9.17, 15) is 0 Å². The first-order valence-electron chi connectivity index (χ1n) is 6.44. The Kier molecular flexibility index (Phi) is 6.22. The number of aryl methyl sites for hydroxylation is 2. The molecule has 0 aliphatic carbocycles. The molecule has 0 radical (unpaired) electrons. The Bertz CT molecular complexity index is 304. The van der Waals surface area contributed by atoms with E-state index in [0.717, 1.165) is 30.1 Å². The van der Waals surface area contributed by atoms with Crippen LogP contribution in [0.3, 0.4) is 0 Å². The summed E-state index contributed by atoms with van der Waals surface area (Å²) in [5.41, 5.74) is 2.12. The van der Waals surface area contributed by atoms with Crippen LogP contribution >= 0.6 is 0 Å². The van der Waals surface area contributed by atoms with E-state index in [4.69, 9.17) is 9.63 Å². The van der Waals surface area contributed by atoms with Crippen molar-refractivity contribution >= 4 is 0 Å². The molecule has 0 aliphatic rings. The Morgan fingerprint density at radius 1 is 1.24 bits per heavy atom. The maximum atomic E-state index is 9.08. The van der Waals surface area contributed by atoms with E-state index in [1.165, 1.54) is 19.3 Å². The molecule has 0 atom stereocenters. The van der Waals surface area contributed by atoms with Crippen molar-refractivity contribution in [3.8, 4) is 0 Å². The van der Waals surface area contributed by atoms with Crippen molar-refractivity contribution in [1.82, 2.24) is 10.1 Å². The second kappa shape index (κ2) is 7.45. The standard InChI is InChI=1S/C13H24N2O2/c1-4-5-6-7-15(8-9-16)10-13-11(2)14-17-12(13)3/h16H,4-10H2,1-3H3. The fourth-order valence-electron chi connectivity index (χ4n) is 1.95. The van der Waals surface area contributed by atoms with Crippen LogP contribution in [-0.4, -0.2) is 34.9 Å². The molecule has 0 fully saturated rings. The summed E-state index contributed by atoms with van der Waals surface area (Å²) in [5, 5.41) is 13.0. The van der Waals surface area contributed by atoms with E-state index < -0.39 is 0 Å². The van der Waals surface area contributed by atoms with Crippen LogP contribution in [0.25, 0.3) is 0 Å². The van der Waals surface area contributed by atoms with Crippen LogP contribution in [0, 0.1) is 13.8 Å². The number of hydrogen-bond donors (Lipinski definition) is 1. The third kappa shape index (κ3) is 4.48. The fourth-order valence-corrected chi connectivity index (χ4v) is 1.95. The van der Waals surface area contributed by atoms with Gasteiger partial charge in [-0.15, -0.1) is 0 Å². The molecule has 0 amide bonds. The van der Waals surface area contributed by atoms with E-state index in [0.29, 0.717) is 6.54 Å². The SMILES string of the molecule is CCCCCN(CCO)Cc1c(C)noc1C. The largest absolute Gasteiger partial charge is 0.395 e. The second-order valence-electron chi connectivity index (χ2n) is 4.51. The molecular weight excluding hydrogens is 216 g/mol. The summed E-state index contributed by atoms with van der Waals surface area (Å²) < 4.78 is 5.16. The molecule has 0 spiro atoms. The van der Waals surface area contributed by atoms with Crippen molar-refractivity contribution in [2.24, 2.45) is 0 Å². The molecule has 0 unspecified atom stereocenters. The van der Waals surface area contributed by atoms with E-state index in [1.807, 2.05) is 13.8 Å². The lowest BCUT2D eigenvalue weighted by Gasteiger charge is -2.20. The first-order valence-corrected chi connectivity index (χ1v) is 6.44. The Labute approximate surface area is 104 Å². The average molecular weight is 240 g/mol. The first-order chi connectivity index (χ1) is 8.19.